The van der Waals surface area contributed by atoms with Gasteiger partial charge in [0.1, 0.15) is 0 Å². The summed E-state index contributed by atoms with van der Waals surface area (Å²) in [6.45, 7) is 0. The Morgan fingerprint density at radius 2 is 1.31 bits per heavy atom. The minimum Gasteiger partial charge on any atom is -0.307 e. The molecule has 0 aliphatic heterocycles. The second-order valence-corrected chi connectivity index (χ2v) is 10.3. The van der Waals surface area contributed by atoms with Crippen molar-refractivity contribution < 1.29 is 0 Å². The van der Waals surface area contributed by atoms with Crippen LogP contribution in [-0.4, -0.2) is 9.55 Å². The number of pyridine rings is 1. The fourth-order valence-electron chi connectivity index (χ4n) is 5.66. The van der Waals surface area contributed by atoms with Gasteiger partial charge in [-0.05, 0) is 52.9 Å². The second-order valence-electron chi connectivity index (χ2n) is 9.21. The van der Waals surface area contributed by atoms with Gasteiger partial charge >= 0.3 is 0 Å². The smallest absolute Gasteiger partial charge is 0.0963 e. The first-order valence-corrected chi connectivity index (χ1v) is 13.0. The van der Waals surface area contributed by atoms with Crippen LogP contribution in [0.4, 0.5) is 0 Å². The Hall–Kier alpha value is -4.47. The van der Waals surface area contributed by atoms with Crippen LogP contribution >= 0.6 is 11.3 Å². The zero-order valence-corrected chi connectivity index (χ0v) is 20.2. The van der Waals surface area contributed by atoms with Crippen LogP contribution in [0.25, 0.3) is 69.7 Å². The van der Waals surface area contributed by atoms with Gasteiger partial charge in [0.05, 0.1) is 22.2 Å². The first-order valence-electron chi connectivity index (χ1n) is 12.1. The third kappa shape index (κ3) is 2.75. The van der Waals surface area contributed by atoms with Crippen molar-refractivity contribution in [2.45, 2.75) is 0 Å². The van der Waals surface area contributed by atoms with Crippen LogP contribution in [0.2, 0.25) is 0 Å². The van der Waals surface area contributed by atoms with Crippen LogP contribution in [-0.2, 0) is 0 Å². The van der Waals surface area contributed by atoms with Gasteiger partial charge in [0, 0.05) is 37.1 Å². The van der Waals surface area contributed by atoms with E-state index >= 15 is 0 Å². The SMILES string of the molecule is c1ccc(-c2ccc(-n3c4cc5sc6ccccc6c5cc4c4ncccc43)c3ccccc23)cc1. The summed E-state index contributed by atoms with van der Waals surface area (Å²) in [5.41, 5.74) is 7.03. The molecule has 0 radical (unpaired) electrons. The molecule has 3 heterocycles. The van der Waals surface area contributed by atoms with E-state index in [2.05, 4.69) is 114 Å². The highest BCUT2D eigenvalue weighted by molar-refractivity contribution is 7.25. The van der Waals surface area contributed by atoms with Crippen molar-refractivity contribution >= 4 is 64.2 Å². The van der Waals surface area contributed by atoms with Crippen LogP contribution < -0.4 is 0 Å². The van der Waals surface area contributed by atoms with Crippen LogP contribution in [0.3, 0.4) is 0 Å². The summed E-state index contributed by atoms with van der Waals surface area (Å²) in [5.74, 6) is 0. The molecule has 0 fully saturated rings. The van der Waals surface area contributed by atoms with Gasteiger partial charge in [0.2, 0.25) is 0 Å². The molecule has 0 atom stereocenters. The van der Waals surface area contributed by atoms with Crippen molar-refractivity contribution in [3.05, 3.63) is 121 Å². The minimum atomic E-state index is 1.04. The molecule has 0 spiro atoms. The van der Waals surface area contributed by atoms with E-state index in [0.29, 0.717) is 0 Å². The molecule has 3 heteroatoms. The van der Waals surface area contributed by atoms with E-state index in [9.17, 15) is 0 Å². The van der Waals surface area contributed by atoms with E-state index in [-0.39, 0.29) is 0 Å². The van der Waals surface area contributed by atoms with Crippen LogP contribution in [0.1, 0.15) is 0 Å². The van der Waals surface area contributed by atoms with E-state index in [1.54, 1.807) is 0 Å². The lowest BCUT2D eigenvalue weighted by molar-refractivity contribution is 1.19. The molecule has 3 aromatic heterocycles. The molecule has 0 aliphatic rings. The molecule has 2 nitrogen and oxygen atoms in total. The molecule has 8 aromatic rings. The van der Waals surface area contributed by atoms with E-state index in [0.717, 1.165) is 11.0 Å². The van der Waals surface area contributed by atoms with Gasteiger partial charge in [-0.2, -0.15) is 0 Å². The van der Waals surface area contributed by atoms with E-state index < -0.39 is 0 Å². The maximum absolute atomic E-state index is 4.85. The molecule has 5 aromatic carbocycles. The summed E-state index contributed by atoms with van der Waals surface area (Å²) < 4.78 is 5.03. The predicted molar refractivity (Wildman–Crippen MR) is 154 cm³/mol. The highest BCUT2D eigenvalue weighted by Crippen LogP contribution is 2.41. The predicted octanol–water partition coefficient (Wildman–Crippen LogP) is 9.37. The van der Waals surface area contributed by atoms with Crippen molar-refractivity contribution in [2.75, 3.05) is 0 Å². The normalized spacial score (nSPS) is 11.9. The average molecular weight is 477 g/mol. The van der Waals surface area contributed by atoms with Gasteiger partial charge in [-0.1, -0.05) is 78.9 Å². The molecule has 0 saturated carbocycles. The molecule has 168 valence electrons. The lowest BCUT2D eigenvalue weighted by Crippen LogP contribution is -1.96. The molecule has 0 saturated heterocycles. The van der Waals surface area contributed by atoms with Crippen molar-refractivity contribution in [1.29, 1.82) is 0 Å². The van der Waals surface area contributed by atoms with E-state index in [1.165, 1.54) is 58.7 Å². The molecule has 0 bridgehead atoms. The quantitative estimate of drug-likeness (QED) is 0.243. The Morgan fingerprint density at radius 3 is 2.19 bits per heavy atom. The average Bonchev–Trinajstić information content (AvgIpc) is 3.46. The Balaban J connectivity index is 1.51. The molecule has 0 aliphatic carbocycles. The van der Waals surface area contributed by atoms with E-state index in [4.69, 9.17) is 4.98 Å². The number of aromatic nitrogens is 2. The van der Waals surface area contributed by atoms with Crippen molar-refractivity contribution in [1.82, 2.24) is 9.55 Å². The van der Waals surface area contributed by atoms with Gasteiger partial charge in [-0.15, -0.1) is 11.3 Å². The van der Waals surface area contributed by atoms with Gasteiger partial charge in [-0.25, -0.2) is 0 Å². The number of nitrogens with zero attached hydrogens (tertiary/aromatic N) is 2. The Morgan fingerprint density at radius 1 is 0.528 bits per heavy atom. The first-order chi connectivity index (χ1) is 17.9. The van der Waals surface area contributed by atoms with Gasteiger partial charge in [0.25, 0.3) is 0 Å². The number of hydrogen-bond acceptors (Lipinski definition) is 2. The summed E-state index contributed by atoms with van der Waals surface area (Å²) in [6, 6.07) is 41.5. The number of thiophene rings is 1. The Bertz CT molecular complexity index is 2100. The maximum atomic E-state index is 4.85. The van der Waals surface area contributed by atoms with Crippen LogP contribution in [0, 0.1) is 0 Å². The van der Waals surface area contributed by atoms with Crippen LogP contribution in [0.5, 0.6) is 0 Å². The summed E-state index contributed by atoms with van der Waals surface area (Å²) in [6.07, 6.45) is 1.90. The molecular formula is C33H20N2S. The van der Waals surface area contributed by atoms with Gasteiger partial charge < -0.3 is 4.57 Å². The topological polar surface area (TPSA) is 17.8 Å². The fourth-order valence-corrected chi connectivity index (χ4v) is 6.78. The highest BCUT2D eigenvalue weighted by Gasteiger charge is 2.18. The number of hydrogen-bond donors (Lipinski definition) is 0. The molecular weight excluding hydrogens is 456 g/mol. The molecule has 8 rings (SSSR count). The number of benzene rings is 5. The van der Waals surface area contributed by atoms with Crippen molar-refractivity contribution in [2.24, 2.45) is 0 Å². The van der Waals surface area contributed by atoms with Gasteiger partial charge in [0.15, 0.2) is 0 Å². The third-order valence-corrected chi connectivity index (χ3v) is 8.38. The van der Waals surface area contributed by atoms with Gasteiger partial charge in [-0.3, -0.25) is 4.98 Å². The lowest BCUT2D eigenvalue weighted by atomic mass is 9.97. The number of fused-ring (bicyclic) bond motifs is 7. The maximum Gasteiger partial charge on any atom is 0.0963 e. The summed E-state index contributed by atoms with van der Waals surface area (Å²) >= 11 is 1.86. The second kappa shape index (κ2) is 7.51. The van der Waals surface area contributed by atoms with Crippen molar-refractivity contribution in [3.8, 4) is 16.8 Å². The highest BCUT2D eigenvalue weighted by atomic mass is 32.1. The summed E-state index contributed by atoms with van der Waals surface area (Å²) in [7, 11) is 0. The van der Waals surface area contributed by atoms with Crippen molar-refractivity contribution in [3.63, 3.8) is 0 Å². The molecule has 0 unspecified atom stereocenters. The lowest BCUT2D eigenvalue weighted by Gasteiger charge is -2.14. The number of rotatable bonds is 2. The summed E-state index contributed by atoms with van der Waals surface area (Å²) in [4.78, 5) is 4.85. The molecule has 36 heavy (non-hydrogen) atoms. The Kier molecular flexibility index (Phi) is 4.13. The minimum absolute atomic E-state index is 1.04. The fraction of sp³-hybridized carbons (Fsp3) is 0. The molecule has 0 N–H and O–H groups in total. The first kappa shape index (κ1) is 19.8. The standard InChI is InChI=1S/C33H20N2S/c1-2-9-21(10-3-1)22-16-17-28(24-12-5-4-11-23(22)24)35-29-14-8-18-34-33(29)27-19-26-25-13-6-7-15-31(25)36-32(26)20-30(27)35/h1-20H. The monoisotopic (exact) mass is 476 g/mol. The molecule has 0 amide bonds. The zero-order valence-electron chi connectivity index (χ0n) is 19.3. The largest absolute Gasteiger partial charge is 0.307 e. The van der Waals surface area contributed by atoms with E-state index in [1.807, 2.05) is 23.6 Å². The third-order valence-electron chi connectivity index (χ3n) is 7.25. The van der Waals surface area contributed by atoms with Crippen LogP contribution in [0.15, 0.2) is 121 Å². The summed E-state index contributed by atoms with van der Waals surface area (Å²) in [5, 5.41) is 6.30. The zero-order chi connectivity index (χ0) is 23.6. The Labute approximate surface area is 211 Å².